The summed E-state index contributed by atoms with van der Waals surface area (Å²) in [6, 6.07) is 3.78. The van der Waals surface area contributed by atoms with Crippen molar-refractivity contribution in [2.24, 2.45) is 0 Å². The van der Waals surface area contributed by atoms with Gasteiger partial charge in [-0.1, -0.05) is 18.9 Å². The van der Waals surface area contributed by atoms with E-state index in [1.165, 1.54) is 0 Å². The summed E-state index contributed by atoms with van der Waals surface area (Å²) >= 11 is 0. The molecule has 0 aromatic heterocycles. The summed E-state index contributed by atoms with van der Waals surface area (Å²) in [5.41, 5.74) is 3.10. The van der Waals surface area contributed by atoms with Gasteiger partial charge in [0.25, 0.3) is 0 Å². The Hall–Kier alpha value is -1.07. The molecule has 1 aliphatic heterocycles. The number of hydrogen-bond donors (Lipinski definition) is 2. The Bertz CT molecular complexity index is 605. The molecule has 5 heteroatoms. The van der Waals surface area contributed by atoms with Crippen molar-refractivity contribution in [2.75, 3.05) is 11.9 Å². The molecule has 0 unspecified atom stereocenters. The highest BCUT2D eigenvalue weighted by Crippen LogP contribution is 2.32. The standard InChI is InChI=1S/C15H22N2O2S/c1-11-8-9-14(13-7-4-10-16-15(11)13)20(18,19)17-12-5-2-3-6-12/h8-9,12,16-17H,2-7,10H2,1H3. The lowest BCUT2D eigenvalue weighted by molar-refractivity contribution is 0.551. The summed E-state index contributed by atoms with van der Waals surface area (Å²) in [7, 11) is -3.39. The Morgan fingerprint density at radius 1 is 1.20 bits per heavy atom. The van der Waals surface area contributed by atoms with E-state index >= 15 is 0 Å². The highest BCUT2D eigenvalue weighted by Gasteiger charge is 2.27. The topological polar surface area (TPSA) is 58.2 Å². The summed E-state index contributed by atoms with van der Waals surface area (Å²) in [6.45, 7) is 2.95. The van der Waals surface area contributed by atoms with Crippen LogP contribution in [0.15, 0.2) is 17.0 Å². The molecule has 0 atom stereocenters. The van der Waals surface area contributed by atoms with Crippen LogP contribution in [0, 0.1) is 6.92 Å². The van der Waals surface area contributed by atoms with Crippen LogP contribution in [0.4, 0.5) is 5.69 Å². The molecule has 3 rings (SSSR count). The lowest BCUT2D eigenvalue weighted by atomic mass is 10.00. The van der Waals surface area contributed by atoms with Crippen molar-refractivity contribution < 1.29 is 8.42 Å². The molecule has 1 heterocycles. The second-order valence-electron chi connectivity index (χ2n) is 5.87. The van der Waals surface area contributed by atoms with Gasteiger partial charge in [0.2, 0.25) is 10.0 Å². The molecule has 2 N–H and O–H groups in total. The summed E-state index contributed by atoms with van der Waals surface area (Å²) in [5.74, 6) is 0. The second-order valence-corrected chi connectivity index (χ2v) is 7.55. The molecule has 2 aliphatic rings. The number of aryl methyl sites for hydroxylation is 1. The number of anilines is 1. The minimum absolute atomic E-state index is 0.119. The van der Waals surface area contributed by atoms with E-state index < -0.39 is 10.0 Å². The number of fused-ring (bicyclic) bond motifs is 1. The smallest absolute Gasteiger partial charge is 0.241 e. The summed E-state index contributed by atoms with van der Waals surface area (Å²) in [6.07, 6.45) is 6.01. The van der Waals surface area contributed by atoms with Crippen LogP contribution in [0.5, 0.6) is 0 Å². The van der Waals surface area contributed by atoms with Crippen LogP contribution in [-0.4, -0.2) is 21.0 Å². The van der Waals surface area contributed by atoms with Crippen LogP contribution in [0.25, 0.3) is 0 Å². The minimum Gasteiger partial charge on any atom is -0.385 e. The van der Waals surface area contributed by atoms with Crippen LogP contribution >= 0.6 is 0 Å². The van der Waals surface area contributed by atoms with E-state index in [1.807, 2.05) is 13.0 Å². The normalized spacial score (nSPS) is 19.6. The maximum absolute atomic E-state index is 12.6. The van der Waals surface area contributed by atoms with Gasteiger partial charge < -0.3 is 5.32 Å². The van der Waals surface area contributed by atoms with E-state index in [-0.39, 0.29) is 6.04 Å². The third kappa shape index (κ3) is 2.56. The molecule has 1 saturated carbocycles. The van der Waals surface area contributed by atoms with E-state index in [1.54, 1.807) is 6.07 Å². The van der Waals surface area contributed by atoms with Crippen molar-refractivity contribution in [3.63, 3.8) is 0 Å². The van der Waals surface area contributed by atoms with Crippen molar-refractivity contribution >= 4 is 15.7 Å². The third-order valence-electron chi connectivity index (χ3n) is 4.35. The second kappa shape index (κ2) is 5.37. The molecular weight excluding hydrogens is 272 g/mol. The van der Waals surface area contributed by atoms with Gasteiger partial charge in [-0.2, -0.15) is 0 Å². The predicted octanol–water partition coefficient (Wildman–Crippen LogP) is 2.57. The molecule has 1 aliphatic carbocycles. The zero-order valence-electron chi connectivity index (χ0n) is 11.9. The first-order valence-corrected chi connectivity index (χ1v) is 8.95. The van der Waals surface area contributed by atoms with Gasteiger partial charge >= 0.3 is 0 Å². The molecule has 1 aromatic rings. The van der Waals surface area contributed by atoms with E-state index in [4.69, 9.17) is 0 Å². The number of nitrogens with one attached hydrogen (secondary N) is 2. The van der Waals surface area contributed by atoms with Crippen LogP contribution in [-0.2, 0) is 16.4 Å². The van der Waals surface area contributed by atoms with E-state index in [0.29, 0.717) is 4.90 Å². The van der Waals surface area contributed by atoms with Crippen LogP contribution in [0.2, 0.25) is 0 Å². The molecule has 0 amide bonds. The van der Waals surface area contributed by atoms with E-state index in [9.17, 15) is 8.42 Å². The third-order valence-corrected chi connectivity index (χ3v) is 5.96. The van der Waals surface area contributed by atoms with Crippen LogP contribution in [0.1, 0.15) is 43.2 Å². The Kier molecular flexibility index (Phi) is 3.73. The first kappa shape index (κ1) is 13.9. The fourth-order valence-electron chi connectivity index (χ4n) is 3.30. The first-order chi connectivity index (χ1) is 9.58. The SMILES string of the molecule is Cc1ccc(S(=O)(=O)NC2CCCC2)c2c1NCCC2. The maximum atomic E-state index is 12.6. The predicted molar refractivity (Wildman–Crippen MR) is 80.6 cm³/mol. The van der Waals surface area contributed by atoms with Gasteiger partial charge in [-0.05, 0) is 49.8 Å². The summed E-state index contributed by atoms with van der Waals surface area (Å²) in [4.78, 5) is 0.470. The van der Waals surface area contributed by atoms with E-state index in [0.717, 1.165) is 61.9 Å². The summed E-state index contributed by atoms with van der Waals surface area (Å²) in [5, 5.41) is 3.34. The van der Waals surface area contributed by atoms with Crippen molar-refractivity contribution in [2.45, 2.75) is 56.4 Å². The molecule has 1 aromatic carbocycles. The molecule has 110 valence electrons. The molecule has 1 fully saturated rings. The Labute approximate surface area is 121 Å². The zero-order valence-corrected chi connectivity index (χ0v) is 12.7. The molecule has 0 radical (unpaired) electrons. The van der Waals surface area contributed by atoms with Crippen LogP contribution in [0.3, 0.4) is 0 Å². The zero-order chi connectivity index (χ0) is 14.2. The van der Waals surface area contributed by atoms with E-state index in [2.05, 4.69) is 10.0 Å². The van der Waals surface area contributed by atoms with Gasteiger partial charge in [0.05, 0.1) is 4.90 Å². The van der Waals surface area contributed by atoms with Crippen LogP contribution < -0.4 is 10.0 Å². The lowest BCUT2D eigenvalue weighted by Gasteiger charge is -2.24. The molecule has 20 heavy (non-hydrogen) atoms. The number of sulfonamides is 1. The van der Waals surface area contributed by atoms with Crippen molar-refractivity contribution in [3.8, 4) is 0 Å². The highest BCUT2D eigenvalue weighted by molar-refractivity contribution is 7.89. The lowest BCUT2D eigenvalue weighted by Crippen LogP contribution is -2.33. The molecule has 0 bridgehead atoms. The first-order valence-electron chi connectivity index (χ1n) is 7.46. The Morgan fingerprint density at radius 3 is 2.70 bits per heavy atom. The molecular formula is C15H22N2O2S. The van der Waals surface area contributed by atoms with Crippen molar-refractivity contribution in [1.82, 2.24) is 4.72 Å². The average molecular weight is 294 g/mol. The number of hydrogen-bond acceptors (Lipinski definition) is 3. The number of benzene rings is 1. The molecule has 4 nitrogen and oxygen atoms in total. The summed E-state index contributed by atoms with van der Waals surface area (Å²) < 4.78 is 28.2. The Morgan fingerprint density at radius 2 is 1.95 bits per heavy atom. The molecule has 0 saturated heterocycles. The molecule has 0 spiro atoms. The van der Waals surface area contributed by atoms with Gasteiger partial charge in [0, 0.05) is 18.3 Å². The highest BCUT2D eigenvalue weighted by atomic mass is 32.2. The fraction of sp³-hybridized carbons (Fsp3) is 0.600. The monoisotopic (exact) mass is 294 g/mol. The fourth-order valence-corrected chi connectivity index (χ4v) is 4.87. The quantitative estimate of drug-likeness (QED) is 0.901. The maximum Gasteiger partial charge on any atom is 0.241 e. The average Bonchev–Trinajstić information content (AvgIpc) is 2.91. The Balaban J connectivity index is 1.96. The largest absolute Gasteiger partial charge is 0.385 e. The van der Waals surface area contributed by atoms with Gasteiger partial charge in [-0.25, -0.2) is 13.1 Å². The van der Waals surface area contributed by atoms with Gasteiger partial charge in [0.1, 0.15) is 0 Å². The van der Waals surface area contributed by atoms with Gasteiger partial charge in [-0.3, -0.25) is 0 Å². The van der Waals surface area contributed by atoms with Gasteiger partial charge in [0.15, 0.2) is 0 Å². The van der Waals surface area contributed by atoms with Crippen molar-refractivity contribution in [1.29, 1.82) is 0 Å². The minimum atomic E-state index is -3.39. The number of rotatable bonds is 3. The van der Waals surface area contributed by atoms with Crippen molar-refractivity contribution in [3.05, 3.63) is 23.3 Å². The van der Waals surface area contributed by atoms with Gasteiger partial charge in [-0.15, -0.1) is 0 Å².